The Hall–Kier alpha value is -2.22. The highest BCUT2D eigenvalue weighted by Crippen LogP contribution is 2.29. The number of amides is 1. The molecule has 0 unspecified atom stereocenters. The molecule has 1 atom stereocenters. The second-order valence-electron chi connectivity index (χ2n) is 7.37. The van der Waals surface area contributed by atoms with Gasteiger partial charge in [0.2, 0.25) is 0 Å². The smallest absolute Gasteiger partial charge is 0.272 e. The first-order chi connectivity index (χ1) is 12.3. The average molecular weight is 377 g/mol. The largest absolute Gasteiger partial charge is 0.344 e. The number of benzene rings is 1. The van der Waals surface area contributed by atoms with Crippen LogP contribution >= 0.6 is 0 Å². The van der Waals surface area contributed by atoms with E-state index in [-0.39, 0.29) is 23.2 Å². The van der Waals surface area contributed by atoms with Crippen LogP contribution in [0.4, 0.5) is 4.39 Å². The van der Waals surface area contributed by atoms with E-state index in [1.165, 1.54) is 12.1 Å². The second kappa shape index (κ2) is 5.90. The summed E-state index contributed by atoms with van der Waals surface area (Å²) in [6.45, 7) is 1.76. The van der Waals surface area contributed by atoms with E-state index < -0.39 is 15.4 Å². The summed E-state index contributed by atoms with van der Waals surface area (Å²) in [6.07, 6.45) is 2.90. The molecular weight excluding hydrogens is 357 g/mol. The number of halogens is 1. The van der Waals surface area contributed by atoms with Gasteiger partial charge in [-0.2, -0.15) is 5.10 Å². The Morgan fingerprint density at radius 1 is 1.27 bits per heavy atom. The summed E-state index contributed by atoms with van der Waals surface area (Å²) in [7, 11) is -3.11. The van der Waals surface area contributed by atoms with Crippen LogP contribution < -0.4 is 5.32 Å². The lowest BCUT2D eigenvalue weighted by Gasteiger charge is -2.23. The highest BCUT2D eigenvalue weighted by atomic mass is 32.2. The van der Waals surface area contributed by atoms with Gasteiger partial charge >= 0.3 is 0 Å². The van der Waals surface area contributed by atoms with E-state index in [1.54, 1.807) is 23.7 Å². The number of aromatic nitrogens is 2. The molecule has 8 heteroatoms. The molecule has 4 rings (SSSR count). The molecule has 1 amide bonds. The van der Waals surface area contributed by atoms with Crippen LogP contribution in [0.1, 0.15) is 41.5 Å². The predicted octanol–water partition coefficient (Wildman–Crippen LogP) is 1.81. The van der Waals surface area contributed by atoms with Crippen molar-refractivity contribution in [3.05, 3.63) is 47.0 Å². The van der Waals surface area contributed by atoms with Crippen LogP contribution in [0.5, 0.6) is 0 Å². The lowest BCUT2D eigenvalue weighted by molar-refractivity contribution is 0.0909. The third-order valence-corrected chi connectivity index (χ3v) is 7.04. The SMILES string of the molecule is C[C@]1(NC(=O)c2nn(-c3ccc(F)cc3)c3c2CCC3)CCS(=O)(=O)C1. The Bertz CT molecular complexity index is 982. The van der Waals surface area contributed by atoms with Gasteiger partial charge in [-0.3, -0.25) is 4.79 Å². The molecule has 0 bridgehead atoms. The Labute approximate surface area is 151 Å². The normalized spacial score (nSPS) is 23.8. The topological polar surface area (TPSA) is 81.1 Å². The number of nitrogens with one attached hydrogen (secondary N) is 1. The molecule has 0 radical (unpaired) electrons. The fourth-order valence-corrected chi connectivity index (χ4v) is 5.95. The Morgan fingerprint density at radius 2 is 2.00 bits per heavy atom. The Morgan fingerprint density at radius 3 is 2.65 bits per heavy atom. The molecule has 1 fully saturated rings. The van der Waals surface area contributed by atoms with Crippen molar-refractivity contribution < 1.29 is 17.6 Å². The first kappa shape index (κ1) is 17.2. The van der Waals surface area contributed by atoms with Gasteiger partial charge in [0.15, 0.2) is 15.5 Å². The van der Waals surface area contributed by atoms with Crippen molar-refractivity contribution in [2.24, 2.45) is 0 Å². The van der Waals surface area contributed by atoms with Crippen LogP contribution in [0.3, 0.4) is 0 Å². The molecule has 0 spiro atoms. The van der Waals surface area contributed by atoms with Crippen molar-refractivity contribution in [2.75, 3.05) is 11.5 Å². The van der Waals surface area contributed by atoms with E-state index in [0.717, 1.165) is 30.5 Å². The molecular formula is C18H20FN3O3S. The molecule has 1 saturated heterocycles. The molecule has 1 N–H and O–H groups in total. The summed E-state index contributed by atoms with van der Waals surface area (Å²) in [6, 6.07) is 5.99. The van der Waals surface area contributed by atoms with Gasteiger partial charge < -0.3 is 5.32 Å². The summed E-state index contributed by atoms with van der Waals surface area (Å²) in [5.74, 6) is -0.632. The lowest BCUT2D eigenvalue weighted by atomic mass is 10.0. The van der Waals surface area contributed by atoms with Crippen molar-refractivity contribution in [3.8, 4) is 5.69 Å². The summed E-state index contributed by atoms with van der Waals surface area (Å²) in [4.78, 5) is 12.8. The maximum atomic E-state index is 13.2. The van der Waals surface area contributed by atoms with Crippen molar-refractivity contribution >= 4 is 15.7 Å². The molecule has 1 aromatic heterocycles. The molecule has 0 saturated carbocycles. The Kier molecular flexibility index (Phi) is 3.91. The van der Waals surface area contributed by atoms with E-state index >= 15 is 0 Å². The standard InChI is InChI=1S/C18H20FN3O3S/c1-18(9-10-26(24,25)11-18)20-17(23)16-14-3-2-4-15(14)22(21-16)13-7-5-12(19)6-8-13/h5-8H,2-4,9-11H2,1H3,(H,20,23)/t18-/m0/s1. The van der Waals surface area contributed by atoms with Gasteiger partial charge in [0.25, 0.3) is 5.91 Å². The fourth-order valence-electron chi connectivity index (χ4n) is 3.86. The number of fused-ring (bicyclic) bond motifs is 1. The monoisotopic (exact) mass is 377 g/mol. The third-order valence-electron chi connectivity index (χ3n) is 5.14. The zero-order valence-electron chi connectivity index (χ0n) is 14.5. The average Bonchev–Trinajstić information content (AvgIpc) is 3.22. The zero-order valence-corrected chi connectivity index (χ0v) is 15.3. The maximum Gasteiger partial charge on any atom is 0.272 e. The molecule has 1 aliphatic carbocycles. The summed E-state index contributed by atoms with van der Waals surface area (Å²) < 4.78 is 38.4. The minimum Gasteiger partial charge on any atom is -0.344 e. The van der Waals surface area contributed by atoms with Crippen LogP contribution in [-0.4, -0.2) is 41.2 Å². The fraction of sp³-hybridized carbons (Fsp3) is 0.444. The summed E-state index contributed by atoms with van der Waals surface area (Å²) in [5, 5.41) is 7.35. The molecule has 26 heavy (non-hydrogen) atoms. The highest BCUT2D eigenvalue weighted by molar-refractivity contribution is 7.91. The van der Waals surface area contributed by atoms with E-state index in [0.29, 0.717) is 17.8 Å². The van der Waals surface area contributed by atoms with Crippen molar-refractivity contribution in [2.45, 2.75) is 38.1 Å². The van der Waals surface area contributed by atoms with E-state index in [4.69, 9.17) is 0 Å². The van der Waals surface area contributed by atoms with Gasteiger partial charge in [0, 0.05) is 11.3 Å². The van der Waals surface area contributed by atoms with Crippen LogP contribution in [0.15, 0.2) is 24.3 Å². The van der Waals surface area contributed by atoms with Crippen LogP contribution in [0.25, 0.3) is 5.69 Å². The molecule has 2 aliphatic rings. The zero-order chi connectivity index (χ0) is 18.5. The van der Waals surface area contributed by atoms with Crippen LogP contribution in [0.2, 0.25) is 0 Å². The maximum absolute atomic E-state index is 13.2. The molecule has 2 aromatic rings. The summed E-state index contributed by atoms with van der Waals surface area (Å²) in [5.41, 5.74) is 2.15. The summed E-state index contributed by atoms with van der Waals surface area (Å²) >= 11 is 0. The molecule has 1 aromatic carbocycles. The van der Waals surface area contributed by atoms with E-state index in [2.05, 4.69) is 10.4 Å². The first-order valence-corrected chi connectivity index (χ1v) is 10.5. The van der Waals surface area contributed by atoms with Gasteiger partial charge in [-0.05, 0) is 56.9 Å². The van der Waals surface area contributed by atoms with Crippen molar-refractivity contribution in [3.63, 3.8) is 0 Å². The third kappa shape index (κ3) is 3.02. The van der Waals surface area contributed by atoms with Gasteiger partial charge in [-0.15, -0.1) is 0 Å². The number of hydrogen-bond donors (Lipinski definition) is 1. The van der Waals surface area contributed by atoms with Gasteiger partial charge in [-0.25, -0.2) is 17.5 Å². The minimum atomic E-state index is -3.11. The van der Waals surface area contributed by atoms with Crippen molar-refractivity contribution in [1.82, 2.24) is 15.1 Å². The van der Waals surface area contributed by atoms with E-state index in [9.17, 15) is 17.6 Å². The predicted molar refractivity (Wildman–Crippen MR) is 94.7 cm³/mol. The Balaban J connectivity index is 1.66. The number of carbonyl (C=O) groups excluding carboxylic acids is 1. The van der Waals surface area contributed by atoms with Crippen molar-refractivity contribution in [1.29, 1.82) is 0 Å². The number of carbonyl (C=O) groups is 1. The number of rotatable bonds is 3. The highest BCUT2D eigenvalue weighted by Gasteiger charge is 2.40. The van der Waals surface area contributed by atoms with Gasteiger partial charge in [-0.1, -0.05) is 0 Å². The number of hydrogen-bond acceptors (Lipinski definition) is 4. The quantitative estimate of drug-likeness (QED) is 0.885. The first-order valence-electron chi connectivity index (χ1n) is 8.66. The van der Waals surface area contributed by atoms with E-state index in [1.807, 2.05) is 0 Å². The molecule has 2 heterocycles. The lowest BCUT2D eigenvalue weighted by Crippen LogP contribution is -2.47. The minimum absolute atomic E-state index is 0.0490. The molecule has 1 aliphatic heterocycles. The molecule has 6 nitrogen and oxygen atoms in total. The van der Waals surface area contributed by atoms with Crippen LogP contribution in [-0.2, 0) is 22.7 Å². The van der Waals surface area contributed by atoms with Gasteiger partial charge in [0.1, 0.15) is 5.82 Å². The second-order valence-corrected chi connectivity index (χ2v) is 9.56. The van der Waals surface area contributed by atoms with Crippen LogP contribution in [0, 0.1) is 5.82 Å². The van der Waals surface area contributed by atoms with Gasteiger partial charge in [0.05, 0.1) is 22.7 Å². The molecule has 138 valence electrons. The number of sulfone groups is 1. The number of nitrogens with zero attached hydrogens (tertiary/aromatic N) is 2.